The highest BCUT2D eigenvalue weighted by molar-refractivity contribution is 7.91. The molecule has 0 saturated heterocycles. The molecule has 1 amide bonds. The lowest BCUT2D eigenvalue weighted by Gasteiger charge is -2.12. The van der Waals surface area contributed by atoms with Gasteiger partial charge < -0.3 is 9.84 Å². The van der Waals surface area contributed by atoms with Crippen molar-refractivity contribution >= 4 is 39.6 Å². The zero-order chi connectivity index (χ0) is 15.3. The average Bonchev–Trinajstić information content (AvgIpc) is 2.30. The third kappa shape index (κ3) is 4.28. The number of carboxylic acids is 1. The van der Waals surface area contributed by atoms with Gasteiger partial charge in [-0.25, -0.2) is 14.3 Å². The summed E-state index contributed by atoms with van der Waals surface area (Å²) in [6.45, 7) is 1.48. The molecule has 0 bridgehead atoms. The van der Waals surface area contributed by atoms with Crippen LogP contribution < -0.4 is 9.44 Å². The Labute approximate surface area is 119 Å². The van der Waals surface area contributed by atoms with Crippen LogP contribution in [0.5, 0.6) is 0 Å². The maximum atomic E-state index is 11.6. The molecule has 0 atom stereocenters. The van der Waals surface area contributed by atoms with E-state index in [4.69, 9.17) is 16.7 Å². The van der Waals surface area contributed by atoms with Crippen LogP contribution >= 0.6 is 11.6 Å². The average molecular weight is 323 g/mol. The molecule has 0 aliphatic rings. The van der Waals surface area contributed by atoms with Crippen molar-refractivity contribution in [1.29, 1.82) is 0 Å². The number of halogens is 1. The third-order valence-electron chi connectivity index (χ3n) is 1.97. The van der Waals surface area contributed by atoms with E-state index in [2.05, 4.69) is 4.74 Å². The van der Waals surface area contributed by atoms with Gasteiger partial charge in [-0.2, -0.15) is 8.42 Å². The van der Waals surface area contributed by atoms with Gasteiger partial charge in [-0.05, 0) is 19.1 Å². The van der Waals surface area contributed by atoms with Gasteiger partial charge in [0.1, 0.15) is 0 Å². The fourth-order valence-electron chi connectivity index (χ4n) is 1.24. The van der Waals surface area contributed by atoms with Gasteiger partial charge in [0.25, 0.3) is 0 Å². The Morgan fingerprint density at radius 2 is 2.05 bits per heavy atom. The van der Waals surface area contributed by atoms with E-state index in [1.807, 2.05) is 4.72 Å². The minimum atomic E-state index is -4.36. The molecule has 0 radical (unpaired) electrons. The first-order valence-corrected chi connectivity index (χ1v) is 7.12. The largest absolute Gasteiger partial charge is 0.478 e. The van der Waals surface area contributed by atoms with Crippen LogP contribution in [-0.2, 0) is 14.9 Å². The number of hydrogen-bond donors (Lipinski definition) is 3. The molecular formula is C10H11ClN2O6S. The van der Waals surface area contributed by atoms with Gasteiger partial charge >= 0.3 is 22.3 Å². The summed E-state index contributed by atoms with van der Waals surface area (Å²) in [7, 11) is -4.36. The summed E-state index contributed by atoms with van der Waals surface area (Å²) in [5.74, 6) is -1.37. The van der Waals surface area contributed by atoms with Gasteiger partial charge in [-0.15, -0.1) is 0 Å². The van der Waals surface area contributed by atoms with E-state index >= 15 is 0 Å². The fourth-order valence-corrected chi connectivity index (χ4v) is 2.33. The first kappa shape index (κ1) is 16.1. The molecule has 0 fully saturated rings. The summed E-state index contributed by atoms with van der Waals surface area (Å²) < 4.78 is 31.1. The molecule has 0 aromatic heterocycles. The van der Waals surface area contributed by atoms with Crippen molar-refractivity contribution in [1.82, 2.24) is 4.72 Å². The van der Waals surface area contributed by atoms with Crippen molar-refractivity contribution in [2.75, 3.05) is 11.3 Å². The maximum Gasteiger partial charge on any atom is 0.422 e. The molecule has 0 saturated carbocycles. The third-order valence-corrected chi connectivity index (χ3v) is 3.20. The molecule has 0 heterocycles. The van der Waals surface area contributed by atoms with Gasteiger partial charge in [0, 0.05) is 0 Å². The molecule has 3 N–H and O–H groups in total. The van der Waals surface area contributed by atoms with E-state index in [0.29, 0.717) is 0 Å². The second kappa shape index (κ2) is 6.44. The summed E-state index contributed by atoms with van der Waals surface area (Å²) in [5.41, 5.74) is -0.704. The smallest absolute Gasteiger partial charge is 0.422 e. The second-order valence-electron chi connectivity index (χ2n) is 3.40. The Balaban J connectivity index is 3.04. The van der Waals surface area contributed by atoms with Crippen molar-refractivity contribution < 1.29 is 27.9 Å². The zero-order valence-electron chi connectivity index (χ0n) is 10.2. The number of aromatic carboxylic acids is 1. The number of carbonyl (C=O) groups excluding carboxylic acids is 1. The number of rotatable bonds is 5. The van der Waals surface area contributed by atoms with Crippen molar-refractivity contribution in [2.24, 2.45) is 0 Å². The van der Waals surface area contributed by atoms with E-state index in [-0.39, 0.29) is 22.9 Å². The molecule has 1 aromatic carbocycles. The molecular weight excluding hydrogens is 312 g/mol. The normalized spacial score (nSPS) is 10.7. The van der Waals surface area contributed by atoms with Gasteiger partial charge in [0.2, 0.25) is 0 Å². The highest BCUT2D eigenvalue weighted by Crippen LogP contribution is 2.26. The number of nitrogens with one attached hydrogen (secondary N) is 2. The number of amides is 1. The number of benzene rings is 1. The molecule has 20 heavy (non-hydrogen) atoms. The summed E-state index contributed by atoms with van der Waals surface area (Å²) in [5, 5.41) is 8.82. The number of anilines is 1. The number of carbonyl (C=O) groups is 2. The topological polar surface area (TPSA) is 122 Å². The van der Waals surface area contributed by atoms with Gasteiger partial charge in [0.15, 0.2) is 0 Å². The summed E-state index contributed by atoms with van der Waals surface area (Å²) in [6, 6.07) is 3.81. The molecule has 8 nitrogen and oxygen atoms in total. The van der Waals surface area contributed by atoms with E-state index in [9.17, 15) is 18.0 Å². The predicted octanol–water partition coefficient (Wildman–Crippen LogP) is 1.44. The fraction of sp³-hybridized carbons (Fsp3) is 0.200. The number of para-hydroxylation sites is 1. The van der Waals surface area contributed by atoms with Crippen LogP contribution in [0.25, 0.3) is 0 Å². The highest BCUT2D eigenvalue weighted by Gasteiger charge is 2.21. The molecule has 110 valence electrons. The molecule has 0 spiro atoms. The van der Waals surface area contributed by atoms with E-state index in [0.717, 1.165) is 6.07 Å². The van der Waals surface area contributed by atoms with Gasteiger partial charge in [-0.3, -0.25) is 4.72 Å². The number of carboxylic acid groups (broad SMARTS) is 1. The minimum Gasteiger partial charge on any atom is -0.478 e. The van der Waals surface area contributed by atoms with Crippen molar-refractivity contribution in [3.8, 4) is 0 Å². The minimum absolute atomic E-state index is 0.0200. The van der Waals surface area contributed by atoms with Gasteiger partial charge in [0.05, 0.1) is 22.9 Å². The maximum absolute atomic E-state index is 11.6. The molecule has 0 aliphatic heterocycles. The lowest BCUT2D eigenvalue weighted by atomic mass is 10.2. The Bertz CT molecular complexity index is 631. The molecule has 1 aromatic rings. The Morgan fingerprint density at radius 1 is 1.40 bits per heavy atom. The lowest BCUT2D eigenvalue weighted by molar-refractivity contribution is 0.0698. The first-order chi connectivity index (χ1) is 9.26. The SMILES string of the molecule is CCOC(=O)NS(=O)(=O)Nc1c(Cl)cccc1C(=O)O. The Hall–Kier alpha value is -2.00. The van der Waals surface area contributed by atoms with Crippen molar-refractivity contribution in [2.45, 2.75) is 6.92 Å². The Morgan fingerprint density at radius 3 is 2.60 bits per heavy atom. The van der Waals surface area contributed by atoms with Crippen LogP contribution in [-0.4, -0.2) is 32.2 Å². The monoisotopic (exact) mass is 322 g/mol. The van der Waals surface area contributed by atoms with Crippen LogP contribution in [0.1, 0.15) is 17.3 Å². The summed E-state index contributed by atoms with van der Waals surface area (Å²) in [4.78, 5) is 22.0. The van der Waals surface area contributed by atoms with E-state index in [1.165, 1.54) is 19.1 Å². The number of hydrogen-bond acceptors (Lipinski definition) is 5. The van der Waals surface area contributed by atoms with Crippen LogP contribution in [0, 0.1) is 0 Å². The van der Waals surface area contributed by atoms with Crippen LogP contribution in [0.15, 0.2) is 18.2 Å². The van der Waals surface area contributed by atoms with Gasteiger partial charge in [-0.1, -0.05) is 17.7 Å². The summed E-state index contributed by atoms with van der Waals surface area (Å²) >= 11 is 5.74. The second-order valence-corrected chi connectivity index (χ2v) is 5.22. The molecule has 10 heteroatoms. The van der Waals surface area contributed by atoms with Crippen LogP contribution in [0.4, 0.5) is 10.5 Å². The van der Waals surface area contributed by atoms with E-state index in [1.54, 1.807) is 4.72 Å². The van der Waals surface area contributed by atoms with E-state index < -0.39 is 22.3 Å². The Kier molecular flexibility index (Phi) is 5.17. The molecule has 1 rings (SSSR count). The van der Waals surface area contributed by atoms with Crippen LogP contribution in [0.2, 0.25) is 5.02 Å². The number of ether oxygens (including phenoxy) is 1. The molecule has 0 unspecified atom stereocenters. The lowest BCUT2D eigenvalue weighted by Crippen LogP contribution is -2.36. The zero-order valence-corrected chi connectivity index (χ0v) is 11.8. The first-order valence-electron chi connectivity index (χ1n) is 5.26. The quantitative estimate of drug-likeness (QED) is 0.754. The van der Waals surface area contributed by atoms with Crippen molar-refractivity contribution in [3.63, 3.8) is 0 Å². The standard InChI is InChI=1S/C10H11ClN2O6S/c1-2-19-10(16)13-20(17,18)12-8-6(9(14)15)4-3-5-7(8)11/h3-5,12H,2H2,1H3,(H,13,16)(H,14,15). The highest BCUT2D eigenvalue weighted by atomic mass is 35.5. The van der Waals surface area contributed by atoms with Crippen molar-refractivity contribution in [3.05, 3.63) is 28.8 Å². The molecule has 0 aliphatic carbocycles. The van der Waals surface area contributed by atoms with Crippen LogP contribution in [0.3, 0.4) is 0 Å². The summed E-state index contributed by atoms with van der Waals surface area (Å²) in [6.07, 6.45) is -1.19. The predicted molar refractivity (Wildman–Crippen MR) is 71.1 cm³/mol.